The summed E-state index contributed by atoms with van der Waals surface area (Å²) in [6.45, 7) is 2.05. The van der Waals surface area contributed by atoms with Crippen molar-refractivity contribution in [1.82, 2.24) is 0 Å². The van der Waals surface area contributed by atoms with Gasteiger partial charge in [-0.1, -0.05) is 17.7 Å². The van der Waals surface area contributed by atoms with Crippen LogP contribution in [0.5, 0.6) is 0 Å². The highest BCUT2D eigenvalue weighted by Crippen LogP contribution is 2.29. The maximum Gasteiger partial charge on any atom is 0.337 e. The minimum Gasteiger partial charge on any atom is -0.465 e. The largest absolute Gasteiger partial charge is 0.465 e. The van der Waals surface area contributed by atoms with Crippen molar-refractivity contribution >= 4 is 34.6 Å². The van der Waals surface area contributed by atoms with Gasteiger partial charge in [-0.3, -0.25) is 0 Å². The van der Waals surface area contributed by atoms with E-state index < -0.39 is 0 Å². The number of benzene rings is 1. The topological polar surface area (TPSA) is 38.3 Å². The Balaban J connectivity index is 2.22. The molecule has 3 nitrogen and oxygen atoms in total. The van der Waals surface area contributed by atoms with Crippen LogP contribution in [0.4, 0.5) is 5.69 Å². The number of carbonyl (C=O) groups excluding carboxylic acids is 1. The van der Waals surface area contributed by atoms with E-state index in [0.717, 1.165) is 5.69 Å². The first-order valence-corrected chi connectivity index (χ1v) is 7.05. The monoisotopic (exact) mass is 295 g/mol. The molecule has 0 saturated heterocycles. The number of thiophene rings is 1. The molecule has 0 radical (unpaired) electrons. The Kier molecular flexibility index (Phi) is 4.45. The van der Waals surface area contributed by atoms with Crippen molar-refractivity contribution in [3.05, 3.63) is 51.2 Å². The number of nitrogens with one attached hydrogen (secondary N) is 1. The molecular formula is C14H14ClNO2S. The summed E-state index contributed by atoms with van der Waals surface area (Å²) in [5, 5.41) is 5.91. The van der Waals surface area contributed by atoms with E-state index in [1.165, 1.54) is 12.0 Å². The predicted molar refractivity (Wildman–Crippen MR) is 79.1 cm³/mol. The Bertz CT molecular complexity index is 569. The summed E-state index contributed by atoms with van der Waals surface area (Å²) in [5.74, 6) is -0.372. The molecule has 0 aliphatic carbocycles. The third-order valence-electron chi connectivity index (χ3n) is 2.73. The molecule has 1 N–H and O–H groups in total. The Morgan fingerprint density at radius 1 is 1.42 bits per heavy atom. The van der Waals surface area contributed by atoms with Crippen molar-refractivity contribution in [1.29, 1.82) is 0 Å². The summed E-state index contributed by atoms with van der Waals surface area (Å²) < 4.78 is 4.70. The molecule has 1 heterocycles. The van der Waals surface area contributed by atoms with Crippen molar-refractivity contribution in [3.63, 3.8) is 0 Å². The lowest BCUT2D eigenvalue weighted by molar-refractivity contribution is 0.0601. The number of methoxy groups -OCH3 is 1. The summed E-state index contributed by atoms with van der Waals surface area (Å²) >= 11 is 7.81. The van der Waals surface area contributed by atoms with Crippen molar-refractivity contribution in [2.75, 3.05) is 12.4 Å². The zero-order valence-electron chi connectivity index (χ0n) is 10.6. The van der Waals surface area contributed by atoms with E-state index in [9.17, 15) is 4.79 Å². The molecule has 0 amide bonds. The molecule has 2 aromatic rings. The van der Waals surface area contributed by atoms with Gasteiger partial charge in [0.05, 0.1) is 29.4 Å². The van der Waals surface area contributed by atoms with Crippen LogP contribution in [0, 0.1) is 0 Å². The minimum absolute atomic E-state index is 0.130. The van der Waals surface area contributed by atoms with Crippen molar-refractivity contribution in [2.45, 2.75) is 13.0 Å². The van der Waals surface area contributed by atoms with E-state index >= 15 is 0 Å². The Morgan fingerprint density at radius 2 is 2.21 bits per heavy atom. The van der Waals surface area contributed by atoms with Gasteiger partial charge in [0, 0.05) is 4.88 Å². The van der Waals surface area contributed by atoms with E-state index in [1.54, 1.807) is 29.5 Å². The summed E-state index contributed by atoms with van der Waals surface area (Å²) in [7, 11) is 1.36. The van der Waals surface area contributed by atoms with Gasteiger partial charge in [-0.15, -0.1) is 11.3 Å². The van der Waals surface area contributed by atoms with Crippen molar-refractivity contribution in [3.8, 4) is 0 Å². The molecule has 2 rings (SSSR count). The lowest BCUT2D eigenvalue weighted by Crippen LogP contribution is -2.07. The molecule has 1 unspecified atom stereocenters. The third-order valence-corrected chi connectivity index (χ3v) is 4.11. The fourth-order valence-corrected chi connectivity index (χ4v) is 2.63. The molecule has 0 spiro atoms. The maximum atomic E-state index is 11.5. The second kappa shape index (κ2) is 6.08. The van der Waals surface area contributed by atoms with Crippen LogP contribution in [0.3, 0.4) is 0 Å². The van der Waals surface area contributed by atoms with E-state index in [2.05, 4.69) is 11.4 Å². The SMILES string of the molecule is COC(=O)c1ccc(Cl)c(NC(C)c2cccs2)c1. The number of ether oxygens (including phenoxy) is 1. The average molecular weight is 296 g/mol. The molecule has 0 aliphatic heterocycles. The summed E-state index contributed by atoms with van der Waals surface area (Å²) in [6, 6.07) is 9.24. The summed E-state index contributed by atoms with van der Waals surface area (Å²) in [4.78, 5) is 12.7. The quantitative estimate of drug-likeness (QED) is 0.852. The Morgan fingerprint density at radius 3 is 2.84 bits per heavy atom. The normalized spacial score (nSPS) is 11.9. The van der Waals surface area contributed by atoms with E-state index in [1.807, 2.05) is 18.4 Å². The fraction of sp³-hybridized carbons (Fsp3) is 0.214. The number of anilines is 1. The number of esters is 1. The lowest BCUT2D eigenvalue weighted by atomic mass is 10.2. The molecule has 0 aliphatic rings. The van der Waals surface area contributed by atoms with Gasteiger partial charge in [0.25, 0.3) is 0 Å². The van der Waals surface area contributed by atoms with Gasteiger partial charge >= 0.3 is 5.97 Å². The van der Waals surface area contributed by atoms with E-state index in [0.29, 0.717) is 10.6 Å². The van der Waals surface area contributed by atoms with Crippen LogP contribution in [-0.2, 0) is 4.74 Å². The molecule has 0 saturated carbocycles. The minimum atomic E-state index is -0.372. The van der Waals surface area contributed by atoms with Crippen LogP contribution in [0.2, 0.25) is 5.02 Å². The first-order chi connectivity index (χ1) is 9.11. The Hall–Kier alpha value is -1.52. The molecular weight excluding hydrogens is 282 g/mol. The van der Waals surface area contributed by atoms with Crippen LogP contribution in [0.1, 0.15) is 28.2 Å². The van der Waals surface area contributed by atoms with Gasteiger partial charge in [-0.05, 0) is 36.6 Å². The second-order valence-electron chi connectivity index (χ2n) is 4.07. The average Bonchev–Trinajstić information content (AvgIpc) is 2.94. The van der Waals surface area contributed by atoms with E-state index in [-0.39, 0.29) is 12.0 Å². The molecule has 1 aromatic carbocycles. The molecule has 1 aromatic heterocycles. The highest BCUT2D eigenvalue weighted by molar-refractivity contribution is 7.10. The summed E-state index contributed by atoms with van der Waals surface area (Å²) in [5.41, 5.74) is 1.21. The van der Waals surface area contributed by atoms with Crippen molar-refractivity contribution in [2.24, 2.45) is 0 Å². The lowest BCUT2D eigenvalue weighted by Gasteiger charge is -2.15. The molecule has 100 valence electrons. The number of hydrogen-bond donors (Lipinski definition) is 1. The highest BCUT2D eigenvalue weighted by Gasteiger charge is 2.12. The first-order valence-electron chi connectivity index (χ1n) is 5.79. The zero-order valence-corrected chi connectivity index (χ0v) is 12.2. The number of carbonyl (C=O) groups is 1. The second-order valence-corrected chi connectivity index (χ2v) is 5.45. The van der Waals surface area contributed by atoms with Gasteiger partial charge < -0.3 is 10.1 Å². The van der Waals surface area contributed by atoms with Gasteiger partial charge in [0.15, 0.2) is 0 Å². The van der Waals surface area contributed by atoms with Crippen LogP contribution < -0.4 is 5.32 Å². The van der Waals surface area contributed by atoms with Gasteiger partial charge in [-0.2, -0.15) is 0 Å². The number of rotatable bonds is 4. The van der Waals surface area contributed by atoms with Crippen LogP contribution in [-0.4, -0.2) is 13.1 Å². The summed E-state index contributed by atoms with van der Waals surface area (Å²) in [6.07, 6.45) is 0. The molecule has 0 fully saturated rings. The fourth-order valence-electron chi connectivity index (χ4n) is 1.72. The number of hydrogen-bond acceptors (Lipinski definition) is 4. The molecule has 19 heavy (non-hydrogen) atoms. The Labute approximate surface area is 121 Å². The smallest absolute Gasteiger partial charge is 0.337 e. The van der Waals surface area contributed by atoms with Crippen molar-refractivity contribution < 1.29 is 9.53 Å². The standard InChI is InChI=1S/C14H14ClNO2S/c1-9(13-4-3-7-19-13)16-12-8-10(14(17)18-2)5-6-11(12)15/h3-9,16H,1-2H3. The highest BCUT2D eigenvalue weighted by atomic mass is 35.5. The molecule has 5 heteroatoms. The van der Waals surface area contributed by atoms with Gasteiger partial charge in [0.2, 0.25) is 0 Å². The third kappa shape index (κ3) is 3.28. The zero-order chi connectivity index (χ0) is 13.8. The molecule has 0 bridgehead atoms. The molecule has 1 atom stereocenters. The maximum absolute atomic E-state index is 11.5. The predicted octanol–water partition coefficient (Wildman–Crippen LogP) is 4.36. The van der Waals surface area contributed by atoms with Gasteiger partial charge in [0.1, 0.15) is 0 Å². The first kappa shape index (κ1) is 13.9. The van der Waals surface area contributed by atoms with Gasteiger partial charge in [-0.25, -0.2) is 4.79 Å². The van der Waals surface area contributed by atoms with E-state index in [4.69, 9.17) is 16.3 Å². The van der Waals surface area contributed by atoms with Crippen LogP contribution in [0.25, 0.3) is 0 Å². The van der Waals surface area contributed by atoms with Crippen LogP contribution >= 0.6 is 22.9 Å². The number of halogens is 1. The van der Waals surface area contributed by atoms with Crippen LogP contribution in [0.15, 0.2) is 35.7 Å².